The number of anilines is 2. The second-order valence-corrected chi connectivity index (χ2v) is 11.2. The summed E-state index contributed by atoms with van der Waals surface area (Å²) in [4.78, 5) is 17.7. The van der Waals surface area contributed by atoms with Gasteiger partial charge < -0.3 is 20.4 Å². The largest absolute Gasteiger partial charge is 0.385 e. The van der Waals surface area contributed by atoms with Gasteiger partial charge in [0.2, 0.25) is 0 Å². The lowest BCUT2D eigenvalue weighted by molar-refractivity contribution is 0.0929. The number of benzene rings is 3. The predicted molar refractivity (Wildman–Crippen MR) is 160 cm³/mol. The molecule has 1 heterocycles. The van der Waals surface area contributed by atoms with Crippen LogP contribution in [-0.2, 0) is 0 Å². The number of nitrogens with one attached hydrogen (secondary N) is 2. The van der Waals surface area contributed by atoms with Crippen LogP contribution < -0.4 is 15.5 Å². The summed E-state index contributed by atoms with van der Waals surface area (Å²) in [7, 11) is 4.01. The number of carbonyl (C=O) groups excluding carboxylic acids is 1. The Kier molecular flexibility index (Phi) is 9.83. The Hall–Kier alpha value is -3.31. The molecule has 1 amide bonds. The lowest BCUT2D eigenvalue weighted by atomic mass is 9.89. The molecule has 3 aromatic carbocycles. The maximum atomic E-state index is 13.1. The summed E-state index contributed by atoms with van der Waals surface area (Å²) in [6, 6.07) is 27.1. The molecule has 2 N–H and O–H groups in total. The maximum Gasteiger partial charge on any atom is 0.251 e. The molecular weight excluding hydrogens is 468 g/mol. The van der Waals surface area contributed by atoms with Crippen molar-refractivity contribution in [2.75, 3.05) is 50.5 Å². The second kappa shape index (κ2) is 13.5. The summed E-state index contributed by atoms with van der Waals surface area (Å²) in [6.45, 7) is 8.64. The zero-order valence-electron chi connectivity index (χ0n) is 23.5. The summed E-state index contributed by atoms with van der Waals surface area (Å²) >= 11 is 0. The van der Waals surface area contributed by atoms with Crippen LogP contribution >= 0.6 is 0 Å². The van der Waals surface area contributed by atoms with Gasteiger partial charge in [-0.2, -0.15) is 0 Å². The zero-order valence-corrected chi connectivity index (χ0v) is 23.5. The van der Waals surface area contributed by atoms with Crippen LogP contribution in [-0.4, -0.2) is 51.1 Å². The van der Waals surface area contributed by atoms with E-state index in [1.54, 1.807) is 0 Å². The molecule has 1 saturated heterocycles. The molecule has 3 aromatic rings. The number of piperidine rings is 1. The molecule has 0 unspecified atom stereocenters. The van der Waals surface area contributed by atoms with Crippen LogP contribution in [0.2, 0.25) is 0 Å². The molecule has 1 aliphatic rings. The van der Waals surface area contributed by atoms with E-state index in [1.165, 1.54) is 24.1 Å². The molecule has 0 bridgehead atoms. The van der Waals surface area contributed by atoms with Gasteiger partial charge in [-0.05, 0) is 91.7 Å². The first-order chi connectivity index (χ1) is 18.4. The summed E-state index contributed by atoms with van der Waals surface area (Å²) < 4.78 is 0. The number of rotatable bonds is 11. The highest BCUT2D eigenvalue weighted by Gasteiger charge is 2.23. The standard InChI is InChI=1S/C33H44N4O/c1-25(2)24-34-30-12-8-11-29(23-30)26-17-20-37(21-18-26)22-19-32(27-9-6-5-7-10-27)35-33(38)28-13-15-31(16-14-28)36(3)4/h5-16,23,25-26,32,34H,17-22,24H2,1-4H3,(H,35,38)/t32-/m0/s1. The molecule has 1 aliphatic heterocycles. The number of hydrogen-bond acceptors (Lipinski definition) is 4. The van der Waals surface area contributed by atoms with Gasteiger partial charge in [-0.15, -0.1) is 0 Å². The van der Waals surface area contributed by atoms with Gasteiger partial charge in [-0.25, -0.2) is 0 Å². The summed E-state index contributed by atoms with van der Waals surface area (Å²) in [5.74, 6) is 1.23. The number of likely N-dealkylation sites (tertiary alicyclic amines) is 1. The lowest BCUT2D eigenvalue weighted by Gasteiger charge is -2.33. The average Bonchev–Trinajstić information content (AvgIpc) is 2.95. The molecule has 38 heavy (non-hydrogen) atoms. The van der Waals surface area contributed by atoms with Gasteiger partial charge in [0.1, 0.15) is 0 Å². The molecular formula is C33H44N4O. The minimum absolute atomic E-state index is 0.0151. The van der Waals surface area contributed by atoms with Crippen molar-refractivity contribution in [2.24, 2.45) is 5.92 Å². The number of hydrogen-bond donors (Lipinski definition) is 2. The van der Waals surface area contributed by atoms with E-state index in [1.807, 2.05) is 49.3 Å². The molecule has 5 nitrogen and oxygen atoms in total. The topological polar surface area (TPSA) is 47.6 Å². The third kappa shape index (κ3) is 7.84. The van der Waals surface area contributed by atoms with Crippen molar-refractivity contribution >= 4 is 17.3 Å². The SMILES string of the molecule is CC(C)CNc1cccc(C2CCN(CC[C@H](NC(=O)c3ccc(N(C)C)cc3)c3ccccc3)CC2)c1. The third-order valence-electron chi connectivity index (χ3n) is 7.55. The van der Waals surface area contributed by atoms with Crippen molar-refractivity contribution in [3.63, 3.8) is 0 Å². The molecule has 4 rings (SSSR count). The third-order valence-corrected chi connectivity index (χ3v) is 7.55. The molecule has 0 saturated carbocycles. The van der Waals surface area contributed by atoms with Crippen LogP contribution in [0.4, 0.5) is 11.4 Å². The molecule has 202 valence electrons. The van der Waals surface area contributed by atoms with Gasteiger partial charge in [0.25, 0.3) is 5.91 Å². The second-order valence-electron chi connectivity index (χ2n) is 11.2. The smallest absolute Gasteiger partial charge is 0.251 e. The molecule has 0 spiro atoms. The first kappa shape index (κ1) is 27.7. The highest BCUT2D eigenvalue weighted by atomic mass is 16.1. The van der Waals surface area contributed by atoms with Crippen molar-refractivity contribution < 1.29 is 4.79 Å². The Morgan fingerprint density at radius 2 is 1.66 bits per heavy atom. The van der Waals surface area contributed by atoms with E-state index in [4.69, 9.17) is 0 Å². The minimum atomic E-state index is -0.0196. The van der Waals surface area contributed by atoms with Crippen molar-refractivity contribution in [3.05, 3.63) is 95.6 Å². The van der Waals surface area contributed by atoms with E-state index < -0.39 is 0 Å². The van der Waals surface area contributed by atoms with Crippen molar-refractivity contribution in [1.82, 2.24) is 10.2 Å². The van der Waals surface area contributed by atoms with Crippen LogP contribution in [0.15, 0.2) is 78.9 Å². The van der Waals surface area contributed by atoms with Crippen LogP contribution in [0.25, 0.3) is 0 Å². The Labute approximate surface area is 229 Å². The fourth-order valence-corrected chi connectivity index (χ4v) is 5.19. The van der Waals surface area contributed by atoms with Gasteiger partial charge in [0, 0.05) is 44.1 Å². The Morgan fingerprint density at radius 3 is 2.32 bits per heavy atom. The van der Waals surface area contributed by atoms with Gasteiger partial charge in [0.05, 0.1) is 6.04 Å². The van der Waals surface area contributed by atoms with Gasteiger partial charge in [-0.3, -0.25) is 4.79 Å². The van der Waals surface area contributed by atoms with E-state index in [0.29, 0.717) is 17.4 Å². The minimum Gasteiger partial charge on any atom is -0.385 e. The van der Waals surface area contributed by atoms with E-state index >= 15 is 0 Å². The maximum absolute atomic E-state index is 13.1. The van der Waals surface area contributed by atoms with Gasteiger partial charge in [0.15, 0.2) is 0 Å². The summed E-state index contributed by atoms with van der Waals surface area (Å²) in [5.41, 5.74) is 5.63. The Morgan fingerprint density at radius 1 is 0.947 bits per heavy atom. The van der Waals surface area contributed by atoms with Gasteiger partial charge >= 0.3 is 0 Å². The summed E-state index contributed by atoms with van der Waals surface area (Å²) in [6.07, 6.45) is 3.24. The predicted octanol–water partition coefficient (Wildman–Crippen LogP) is 6.56. The zero-order chi connectivity index (χ0) is 26.9. The average molecular weight is 513 g/mol. The highest BCUT2D eigenvalue weighted by Crippen LogP contribution is 2.30. The van der Waals surface area contributed by atoms with E-state index in [-0.39, 0.29) is 11.9 Å². The van der Waals surface area contributed by atoms with Crippen molar-refractivity contribution in [1.29, 1.82) is 0 Å². The molecule has 0 radical (unpaired) electrons. The van der Waals surface area contributed by atoms with Crippen molar-refractivity contribution in [2.45, 2.75) is 45.1 Å². The molecule has 5 heteroatoms. The molecule has 1 fully saturated rings. The number of nitrogens with zero attached hydrogens (tertiary/aromatic N) is 2. The molecule has 1 atom stereocenters. The molecule has 0 aromatic heterocycles. The van der Waals surface area contributed by atoms with Crippen LogP contribution in [0.5, 0.6) is 0 Å². The van der Waals surface area contributed by atoms with Crippen molar-refractivity contribution in [3.8, 4) is 0 Å². The number of amides is 1. The van der Waals surface area contributed by atoms with Gasteiger partial charge in [-0.1, -0.05) is 56.3 Å². The normalized spacial score (nSPS) is 15.3. The lowest BCUT2D eigenvalue weighted by Crippen LogP contribution is -2.36. The highest BCUT2D eigenvalue weighted by molar-refractivity contribution is 5.94. The first-order valence-electron chi connectivity index (χ1n) is 14.1. The number of carbonyl (C=O) groups is 1. The van der Waals surface area contributed by atoms with E-state index in [2.05, 4.69) is 77.9 Å². The van der Waals surface area contributed by atoms with Crippen LogP contribution in [0.1, 0.15) is 66.6 Å². The Bertz CT molecular complexity index is 1140. The van der Waals surface area contributed by atoms with Crippen LogP contribution in [0, 0.1) is 5.92 Å². The Balaban J connectivity index is 1.33. The fourth-order valence-electron chi connectivity index (χ4n) is 5.19. The quantitative estimate of drug-likeness (QED) is 0.305. The molecule has 0 aliphatic carbocycles. The fraction of sp³-hybridized carbons (Fsp3) is 0.424. The van der Waals surface area contributed by atoms with Crippen LogP contribution in [0.3, 0.4) is 0 Å². The first-order valence-corrected chi connectivity index (χ1v) is 14.1. The van der Waals surface area contributed by atoms with E-state index in [9.17, 15) is 4.79 Å². The summed E-state index contributed by atoms with van der Waals surface area (Å²) in [5, 5.41) is 6.88. The van der Waals surface area contributed by atoms with E-state index in [0.717, 1.165) is 43.9 Å². The monoisotopic (exact) mass is 512 g/mol.